The van der Waals surface area contributed by atoms with Crippen LogP contribution in [-0.2, 0) is 13.0 Å². The number of rotatable bonds is 4. The lowest BCUT2D eigenvalue weighted by Gasteiger charge is -2.28. The highest BCUT2D eigenvalue weighted by Gasteiger charge is 2.13. The van der Waals surface area contributed by atoms with Crippen LogP contribution in [0, 0.1) is 0 Å². The second-order valence-corrected chi connectivity index (χ2v) is 5.53. The van der Waals surface area contributed by atoms with Crippen LogP contribution in [0.15, 0.2) is 12.1 Å². The van der Waals surface area contributed by atoms with Gasteiger partial charge in [-0.25, -0.2) is 4.98 Å². The highest BCUT2D eigenvalue weighted by molar-refractivity contribution is 7.99. The van der Waals surface area contributed by atoms with Gasteiger partial charge in [0.1, 0.15) is 5.82 Å². The van der Waals surface area contributed by atoms with E-state index in [0.29, 0.717) is 0 Å². The molecule has 0 spiro atoms. The zero-order valence-corrected chi connectivity index (χ0v) is 11.5. The molecular weight excluding hydrogens is 230 g/mol. The molecule has 17 heavy (non-hydrogen) atoms. The summed E-state index contributed by atoms with van der Waals surface area (Å²) in [5, 5.41) is 3.22. The van der Waals surface area contributed by atoms with Gasteiger partial charge in [-0.15, -0.1) is 0 Å². The molecule has 2 rings (SSSR count). The van der Waals surface area contributed by atoms with E-state index in [4.69, 9.17) is 4.98 Å². The predicted molar refractivity (Wildman–Crippen MR) is 75.9 cm³/mol. The van der Waals surface area contributed by atoms with Crippen molar-refractivity contribution in [3.8, 4) is 0 Å². The summed E-state index contributed by atoms with van der Waals surface area (Å²) in [6.45, 7) is 5.35. The minimum Gasteiger partial charge on any atom is -0.355 e. The SMILES string of the molecule is CCc1cc(CNC)cc(N2CCSCC2)n1. The van der Waals surface area contributed by atoms with Gasteiger partial charge in [0.15, 0.2) is 0 Å². The van der Waals surface area contributed by atoms with Crippen LogP contribution in [0.1, 0.15) is 18.2 Å². The molecule has 0 aromatic carbocycles. The van der Waals surface area contributed by atoms with E-state index in [2.05, 4.69) is 29.3 Å². The van der Waals surface area contributed by atoms with Crippen LogP contribution in [0.4, 0.5) is 5.82 Å². The quantitative estimate of drug-likeness (QED) is 0.885. The van der Waals surface area contributed by atoms with Crippen LogP contribution in [0.2, 0.25) is 0 Å². The first-order valence-corrected chi connectivity index (χ1v) is 7.46. The maximum atomic E-state index is 4.75. The second-order valence-electron chi connectivity index (χ2n) is 4.31. The highest BCUT2D eigenvalue weighted by Crippen LogP contribution is 2.19. The summed E-state index contributed by atoms with van der Waals surface area (Å²) in [4.78, 5) is 7.16. The predicted octanol–water partition coefficient (Wildman–Crippen LogP) is 1.92. The zero-order chi connectivity index (χ0) is 12.1. The van der Waals surface area contributed by atoms with E-state index in [9.17, 15) is 0 Å². The van der Waals surface area contributed by atoms with Crippen LogP contribution in [0.25, 0.3) is 0 Å². The fourth-order valence-corrected chi connectivity index (χ4v) is 2.98. The standard InChI is InChI=1S/C13H21N3S/c1-3-12-8-11(10-14-2)9-13(15-12)16-4-6-17-7-5-16/h8-9,14H,3-7,10H2,1-2H3. The van der Waals surface area contributed by atoms with Crippen LogP contribution in [-0.4, -0.2) is 36.6 Å². The number of aryl methyl sites for hydroxylation is 1. The Morgan fingerprint density at radius 2 is 2.12 bits per heavy atom. The maximum absolute atomic E-state index is 4.75. The molecule has 4 heteroatoms. The average Bonchev–Trinajstić information content (AvgIpc) is 2.40. The molecule has 0 atom stereocenters. The molecule has 0 radical (unpaired) electrons. The third-order valence-electron chi connectivity index (χ3n) is 3.00. The summed E-state index contributed by atoms with van der Waals surface area (Å²) in [7, 11) is 1.99. The van der Waals surface area contributed by atoms with Crippen molar-refractivity contribution in [3.05, 3.63) is 23.4 Å². The molecule has 0 amide bonds. The van der Waals surface area contributed by atoms with Crippen molar-refractivity contribution < 1.29 is 0 Å². The second kappa shape index (κ2) is 6.26. The van der Waals surface area contributed by atoms with Gasteiger partial charge in [0.05, 0.1) is 0 Å². The minimum absolute atomic E-state index is 0.922. The normalized spacial score (nSPS) is 16.2. The van der Waals surface area contributed by atoms with Gasteiger partial charge in [0, 0.05) is 36.8 Å². The van der Waals surface area contributed by atoms with E-state index in [1.165, 1.54) is 22.8 Å². The first-order chi connectivity index (χ1) is 8.33. The number of pyridine rings is 1. The summed E-state index contributed by atoms with van der Waals surface area (Å²) in [5.41, 5.74) is 2.54. The van der Waals surface area contributed by atoms with Gasteiger partial charge in [0.2, 0.25) is 0 Å². The van der Waals surface area contributed by atoms with Gasteiger partial charge >= 0.3 is 0 Å². The number of aromatic nitrogens is 1. The fourth-order valence-electron chi connectivity index (χ4n) is 2.07. The molecule has 3 nitrogen and oxygen atoms in total. The number of anilines is 1. The zero-order valence-electron chi connectivity index (χ0n) is 10.7. The number of thioether (sulfide) groups is 1. The lowest BCUT2D eigenvalue weighted by atomic mass is 10.2. The van der Waals surface area contributed by atoms with E-state index < -0.39 is 0 Å². The van der Waals surface area contributed by atoms with Crippen molar-refractivity contribution in [2.45, 2.75) is 19.9 Å². The smallest absolute Gasteiger partial charge is 0.129 e. The Morgan fingerprint density at radius 1 is 1.35 bits per heavy atom. The Bertz CT molecular complexity index is 362. The van der Waals surface area contributed by atoms with Crippen LogP contribution in [0.3, 0.4) is 0 Å². The highest BCUT2D eigenvalue weighted by atomic mass is 32.2. The maximum Gasteiger partial charge on any atom is 0.129 e. The molecule has 0 bridgehead atoms. The van der Waals surface area contributed by atoms with Gasteiger partial charge < -0.3 is 10.2 Å². The molecule has 94 valence electrons. The van der Waals surface area contributed by atoms with E-state index in [-0.39, 0.29) is 0 Å². The third kappa shape index (κ3) is 3.36. The van der Waals surface area contributed by atoms with Gasteiger partial charge in [-0.1, -0.05) is 6.92 Å². The van der Waals surface area contributed by atoms with Crippen LogP contribution < -0.4 is 10.2 Å². The van der Waals surface area contributed by atoms with Gasteiger partial charge in [-0.2, -0.15) is 11.8 Å². The number of nitrogens with zero attached hydrogens (tertiary/aromatic N) is 2. The lowest BCUT2D eigenvalue weighted by Crippen LogP contribution is -2.33. The number of hydrogen-bond donors (Lipinski definition) is 1. The molecule has 2 heterocycles. The Hall–Kier alpha value is -0.740. The number of nitrogens with one attached hydrogen (secondary N) is 1. The van der Waals surface area contributed by atoms with E-state index >= 15 is 0 Å². The van der Waals surface area contributed by atoms with Crippen molar-refractivity contribution in [2.24, 2.45) is 0 Å². The molecule has 1 fully saturated rings. The molecule has 1 aromatic rings. The Balaban J connectivity index is 2.21. The Labute approximate surface area is 108 Å². The molecule has 1 aliphatic rings. The molecular formula is C13H21N3S. The van der Waals surface area contributed by atoms with E-state index in [1.54, 1.807) is 0 Å². The van der Waals surface area contributed by atoms with E-state index in [0.717, 1.165) is 31.9 Å². The third-order valence-corrected chi connectivity index (χ3v) is 3.95. The monoisotopic (exact) mass is 251 g/mol. The molecule has 1 aliphatic heterocycles. The molecule has 0 unspecified atom stereocenters. The Kier molecular flexibility index (Phi) is 4.68. The molecule has 0 saturated carbocycles. The fraction of sp³-hybridized carbons (Fsp3) is 0.615. The van der Waals surface area contributed by atoms with Crippen molar-refractivity contribution in [3.63, 3.8) is 0 Å². The minimum atomic E-state index is 0.922. The average molecular weight is 251 g/mol. The first-order valence-electron chi connectivity index (χ1n) is 6.30. The van der Waals surface area contributed by atoms with Crippen LogP contribution >= 0.6 is 11.8 Å². The van der Waals surface area contributed by atoms with Crippen molar-refractivity contribution in [2.75, 3.05) is 36.5 Å². The van der Waals surface area contributed by atoms with Gasteiger partial charge in [-0.05, 0) is 31.2 Å². The largest absolute Gasteiger partial charge is 0.355 e. The van der Waals surface area contributed by atoms with Gasteiger partial charge in [-0.3, -0.25) is 0 Å². The summed E-state index contributed by atoms with van der Waals surface area (Å²) < 4.78 is 0. The molecule has 1 N–H and O–H groups in total. The Morgan fingerprint density at radius 3 is 2.76 bits per heavy atom. The summed E-state index contributed by atoms with van der Waals surface area (Å²) in [5.74, 6) is 3.61. The first kappa shape index (κ1) is 12.7. The molecule has 1 saturated heterocycles. The van der Waals surface area contributed by atoms with E-state index in [1.807, 2.05) is 18.8 Å². The summed E-state index contributed by atoms with van der Waals surface area (Å²) in [6, 6.07) is 4.43. The molecule has 0 aliphatic carbocycles. The van der Waals surface area contributed by atoms with Crippen LogP contribution in [0.5, 0.6) is 0 Å². The molecule has 1 aromatic heterocycles. The number of hydrogen-bond acceptors (Lipinski definition) is 4. The summed E-state index contributed by atoms with van der Waals surface area (Å²) >= 11 is 2.04. The topological polar surface area (TPSA) is 28.2 Å². The lowest BCUT2D eigenvalue weighted by molar-refractivity contribution is 0.796. The van der Waals surface area contributed by atoms with Gasteiger partial charge in [0.25, 0.3) is 0 Å². The van der Waals surface area contributed by atoms with Crippen molar-refractivity contribution >= 4 is 17.6 Å². The van der Waals surface area contributed by atoms with Crippen molar-refractivity contribution in [1.29, 1.82) is 0 Å². The van der Waals surface area contributed by atoms with Crippen molar-refractivity contribution in [1.82, 2.24) is 10.3 Å². The summed E-state index contributed by atoms with van der Waals surface area (Å²) in [6.07, 6.45) is 1.01.